The average molecular weight is 380 g/mol. The second-order valence-electron chi connectivity index (χ2n) is 6.99. The van der Waals surface area contributed by atoms with Crippen molar-refractivity contribution in [2.45, 2.75) is 13.8 Å². The summed E-state index contributed by atoms with van der Waals surface area (Å²) in [6, 6.07) is 7.37. The highest BCUT2D eigenvalue weighted by Crippen LogP contribution is 2.33. The summed E-state index contributed by atoms with van der Waals surface area (Å²) in [5.41, 5.74) is 1.66. The predicted octanol–water partition coefficient (Wildman–Crippen LogP) is 1.43. The number of carbonyl (C=O) groups excluding carboxylic acids is 1. The molecule has 0 unspecified atom stereocenters. The van der Waals surface area contributed by atoms with Crippen LogP contribution in [-0.4, -0.2) is 63.4 Å². The highest BCUT2D eigenvalue weighted by atomic mass is 16.7. The Bertz CT molecular complexity index is 1070. The van der Waals surface area contributed by atoms with E-state index in [1.807, 2.05) is 29.2 Å². The second-order valence-corrected chi connectivity index (χ2v) is 6.99. The molecule has 1 saturated heterocycles. The molecule has 9 nitrogen and oxygen atoms in total. The summed E-state index contributed by atoms with van der Waals surface area (Å²) in [5, 5.41) is 8.23. The summed E-state index contributed by atoms with van der Waals surface area (Å²) in [7, 11) is 0. The van der Waals surface area contributed by atoms with Crippen LogP contribution in [0.4, 0.5) is 5.82 Å². The number of ether oxygens (including phenoxy) is 2. The summed E-state index contributed by atoms with van der Waals surface area (Å²) < 4.78 is 12.6. The van der Waals surface area contributed by atoms with E-state index in [0.29, 0.717) is 49.0 Å². The van der Waals surface area contributed by atoms with Crippen molar-refractivity contribution >= 4 is 17.5 Å². The van der Waals surface area contributed by atoms with Gasteiger partial charge in [0.05, 0.1) is 0 Å². The van der Waals surface area contributed by atoms with Gasteiger partial charge in [-0.25, -0.2) is 0 Å². The van der Waals surface area contributed by atoms with Crippen molar-refractivity contribution in [1.29, 1.82) is 0 Å². The standard InChI is InChI=1S/C19H20N6O3/c1-12-9-17(20-19-22-21-13(2)25(12)19)23-5-7-24(8-6-23)18(26)14-3-4-15-16(10-14)28-11-27-15/h3-4,9-10H,5-8,11H2,1-2H3. The molecule has 0 aliphatic carbocycles. The van der Waals surface area contributed by atoms with E-state index in [1.54, 1.807) is 18.2 Å². The minimum atomic E-state index is 0.00521. The molecule has 2 aliphatic rings. The van der Waals surface area contributed by atoms with E-state index in [-0.39, 0.29) is 12.7 Å². The van der Waals surface area contributed by atoms with E-state index >= 15 is 0 Å². The van der Waals surface area contributed by atoms with Gasteiger partial charge in [0.25, 0.3) is 11.7 Å². The number of carbonyl (C=O) groups is 1. The molecule has 1 aromatic carbocycles. The zero-order chi connectivity index (χ0) is 19.3. The summed E-state index contributed by atoms with van der Waals surface area (Å²) in [6.07, 6.45) is 0. The van der Waals surface area contributed by atoms with Crippen LogP contribution in [0.2, 0.25) is 0 Å². The minimum absolute atomic E-state index is 0.00521. The first-order valence-electron chi connectivity index (χ1n) is 9.23. The first-order valence-corrected chi connectivity index (χ1v) is 9.23. The maximum atomic E-state index is 12.8. The number of hydrogen-bond acceptors (Lipinski definition) is 7. The predicted molar refractivity (Wildman–Crippen MR) is 101 cm³/mol. The molecule has 0 saturated carbocycles. The van der Waals surface area contributed by atoms with Gasteiger partial charge >= 0.3 is 0 Å². The molecule has 1 fully saturated rings. The van der Waals surface area contributed by atoms with Crippen LogP contribution in [0.25, 0.3) is 5.78 Å². The molecule has 2 aromatic heterocycles. The Morgan fingerprint density at radius 1 is 1.00 bits per heavy atom. The van der Waals surface area contributed by atoms with Crippen molar-refractivity contribution in [1.82, 2.24) is 24.5 Å². The highest BCUT2D eigenvalue weighted by molar-refractivity contribution is 5.95. The lowest BCUT2D eigenvalue weighted by molar-refractivity contribution is 0.0746. The quantitative estimate of drug-likeness (QED) is 0.665. The summed E-state index contributed by atoms with van der Waals surface area (Å²) in [5.74, 6) is 3.61. The number of rotatable bonds is 2. The largest absolute Gasteiger partial charge is 0.454 e. The Labute approximate surface area is 161 Å². The Balaban J connectivity index is 1.30. The van der Waals surface area contributed by atoms with Crippen molar-refractivity contribution in [2.24, 2.45) is 0 Å². The summed E-state index contributed by atoms with van der Waals surface area (Å²) >= 11 is 0. The number of anilines is 1. The molecule has 3 aromatic rings. The lowest BCUT2D eigenvalue weighted by Crippen LogP contribution is -2.49. The molecule has 2 aliphatic heterocycles. The van der Waals surface area contributed by atoms with E-state index in [4.69, 9.17) is 9.47 Å². The van der Waals surface area contributed by atoms with E-state index < -0.39 is 0 Å². The van der Waals surface area contributed by atoms with Crippen molar-refractivity contribution < 1.29 is 14.3 Å². The van der Waals surface area contributed by atoms with Crippen molar-refractivity contribution in [3.8, 4) is 11.5 Å². The van der Waals surface area contributed by atoms with Crippen LogP contribution in [0.5, 0.6) is 11.5 Å². The van der Waals surface area contributed by atoms with E-state index in [2.05, 4.69) is 20.1 Å². The van der Waals surface area contributed by atoms with Crippen LogP contribution >= 0.6 is 0 Å². The molecule has 144 valence electrons. The monoisotopic (exact) mass is 380 g/mol. The van der Waals surface area contributed by atoms with Gasteiger partial charge in [-0.3, -0.25) is 9.20 Å². The third kappa shape index (κ3) is 2.70. The van der Waals surface area contributed by atoms with Crippen molar-refractivity contribution in [3.63, 3.8) is 0 Å². The lowest BCUT2D eigenvalue weighted by atomic mass is 10.1. The number of benzene rings is 1. The van der Waals surface area contributed by atoms with Gasteiger partial charge in [0.1, 0.15) is 11.6 Å². The fraction of sp³-hybridized carbons (Fsp3) is 0.368. The van der Waals surface area contributed by atoms with Crippen LogP contribution in [0, 0.1) is 13.8 Å². The van der Waals surface area contributed by atoms with Gasteiger partial charge in [0.15, 0.2) is 11.5 Å². The molecule has 9 heteroatoms. The first-order chi connectivity index (χ1) is 13.6. The van der Waals surface area contributed by atoms with E-state index in [0.717, 1.165) is 17.3 Å². The normalized spacial score (nSPS) is 16.1. The van der Waals surface area contributed by atoms with Gasteiger partial charge in [0, 0.05) is 43.5 Å². The van der Waals surface area contributed by atoms with Crippen LogP contribution in [0.3, 0.4) is 0 Å². The number of piperazine rings is 1. The summed E-state index contributed by atoms with van der Waals surface area (Å²) in [6.45, 7) is 6.82. The van der Waals surface area contributed by atoms with E-state index in [1.165, 1.54) is 0 Å². The number of nitrogens with zero attached hydrogens (tertiary/aromatic N) is 6. The first kappa shape index (κ1) is 16.8. The van der Waals surface area contributed by atoms with Crippen LogP contribution in [0.15, 0.2) is 24.3 Å². The molecule has 0 N–H and O–H groups in total. The zero-order valence-corrected chi connectivity index (χ0v) is 15.8. The van der Waals surface area contributed by atoms with Crippen molar-refractivity contribution in [2.75, 3.05) is 37.9 Å². The fourth-order valence-electron chi connectivity index (χ4n) is 3.74. The SMILES string of the molecule is Cc1cc(N2CCN(C(=O)c3ccc4c(c3)OCO4)CC2)nc2nnc(C)n12. The van der Waals surface area contributed by atoms with Gasteiger partial charge in [-0.2, -0.15) is 4.98 Å². The van der Waals surface area contributed by atoms with Gasteiger partial charge in [-0.1, -0.05) is 0 Å². The molecule has 0 radical (unpaired) electrons. The average Bonchev–Trinajstić information content (AvgIpc) is 3.33. The van der Waals surface area contributed by atoms with Gasteiger partial charge in [-0.05, 0) is 32.0 Å². The lowest BCUT2D eigenvalue weighted by Gasteiger charge is -2.35. The number of hydrogen-bond donors (Lipinski definition) is 0. The third-order valence-corrected chi connectivity index (χ3v) is 5.22. The zero-order valence-electron chi connectivity index (χ0n) is 15.8. The van der Waals surface area contributed by atoms with Crippen LogP contribution in [0.1, 0.15) is 21.9 Å². The molecule has 0 spiro atoms. The molecule has 0 bridgehead atoms. The van der Waals surface area contributed by atoms with Gasteiger partial charge < -0.3 is 19.3 Å². The Morgan fingerprint density at radius 3 is 2.61 bits per heavy atom. The molecular weight excluding hydrogens is 360 g/mol. The maximum absolute atomic E-state index is 12.8. The molecular formula is C19H20N6O3. The van der Waals surface area contributed by atoms with Gasteiger partial charge in [0.2, 0.25) is 6.79 Å². The number of aromatic nitrogens is 4. The molecule has 5 rings (SSSR count). The number of fused-ring (bicyclic) bond motifs is 2. The molecule has 4 heterocycles. The van der Waals surface area contributed by atoms with Crippen LogP contribution in [-0.2, 0) is 0 Å². The fourth-order valence-corrected chi connectivity index (χ4v) is 3.74. The number of aryl methyl sites for hydroxylation is 2. The van der Waals surface area contributed by atoms with Crippen LogP contribution < -0.4 is 14.4 Å². The maximum Gasteiger partial charge on any atom is 0.257 e. The molecule has 28 heavy (non-hydrogen) atoms. The minimum Gasteiger partial charge on any atom is -0.454 e. The number of amides is 1. The van der Waals surface area contributed by atoms with Gasteiger partial charge in [-0.15, -0.1) is 10.2 Å². The Hall–Kier alpha value is -3.36. The molecule has 1 amide bonds. The second kappa shape index (κ2) is 6.36. The van der Waals surface area contributed by atoms with Crippen molar-refractivity contribution in [3.05, 3.63) is 41.3 Å². The molecule has 0 atom stereocenters. The smallest absolute Gasteiger partial charge is 0.257 e. The summed E-state index contributed by atoms with van der Waals surface area (Å²) in [4.78, 5) is 21.5. The Kier molecular flexibility index (Phi) is 3.81. The highest BCUT2D eigenvalue weighted by Gasteiger charge is 2.25. The third-order valence-electron chi connectivity index (χ3n) is 5.22. The topological polar surface area (TPSA) is 85.1 Å². The van der Waals surface area contributed by atoms with E-state index in [9.17, 15) is 4.79 Å². The Morgan fingerprint density at radius 2 is 1.79 bits per heavy atom.